The van der Waals surface area contributed by atoms with E-state index in [1.165, 1.54) is 51.4 Å². The molecule has 2 saturated carbocycles. The van der Waals surface area contributed by atoms with Gasteiger partial charge in [-0.2, -0.15) is 0 Å². The standard InChI is InChI=1S/C17H32/c1-5-7-14-9-10-16-15(8-6-2)13(3)11-12-17(14,16)4/h13-16H,5-12H2,1-4H3. The van der Waals surface area contributed by atoms with Crippen molar-refractivity contribution in [2.45, 2.75) is 79.1 Å². The van der Waals surface area contributed by atoms with Crippen LogP contribution in [0.5, 0.6) is 0 Å². The van der Waals surface area contributed by atoms with E-state index in [-0.39, 0.29) is 0 Å². The van der Waals surface area contributed by atoms with Gasteiger partial charge in [0.05, 0.1) is 0 Å². The van der Waals surface area contributed by atoms with Crippen molar-refractivity contribution in [1.82, 2.24) is 0 Å². The molecule has 2 aliphatic carbocycles. The largest absolute Gasteiger partial charge is 0.0654 e. The molecule has 0 aromatic carbocycles. The fourth-order valence-corrected chi connectivity index (χ4v) is 5.23. The van der Waals surface area contributed by atoms with Crippen LogP contribution in [0.15, 0.2) is 0 Å². The van der Waals surface area contributed by atoms with Crippen LogP contribution in [0.25, 0.3) is 0 Å². The first kappa shape index (κ1) is 13.4. The molecule has 2 fully saturated rings. The van der Waals surface area contributed by atoms with E-state index in [0.717, 1.165) is 23.7 Å². The molecule has 0 heteroatoms. The molecule has 100 valence electrons. The first-order valence-corrected chi connectivity index (χ1v) is 8.13. The second-order valence-corrected chi connectivity index (χ2v) is 7.14. The molecule has 0 aromatic rings. The van der Waals surface area contributed by atoms with E-state index in [0.29, 0.717) is 5.41 Å². The monoisotopic (exact) mass is 236 g/mol. The zero-order valence-electron chi connectivity index (χ0n) is 12.5. The highest BCUT2D eigenvalue weighted by atomic mass is 14.6. The van der Waals surface area contributed by atoms with Crippen LogP contribution in [-0.2, 0) is 0 Å². The first-order chi connectivity index (χ1) is 8.13. The zero-order valence-corrected chi connectivity index (χ0v) is 12.5. The molecule has 0 spiro atoms. The Morgan fingerprint density at radius 3 is 2.35 bits per heavy atom. The van der Waals surface area contributed by atoms with E-state index in [9.17, 15) is 0 Å². The van der Waals surface area contributed by atoms with Crippen molar-refractivity contribution in [1.29, 1.82) is 0 Å². The molecule has 0 N–H and O–H groups in total. The zero-order chi connectivity index (χ0) is 12.5. The summed E-state index contributed by atoms with van der Waals surface area (Å²) >= 11 is 0. The van der Waals surface area contributed by atoms with E-state index in [4.69, 9.17) is 0 Å². The molecule has 0 radical (unpaired) electrons. The fraction of sp³-hybridized carbons (Fsp3) is 1.00. The van der Waals surface area contributed by atoms with Crippen molar-refractivity contribution < 1.29 is 0 Å². The van der Waals surface area contributed by atoms with Gasteiger partial charge in [0.2, 0.25) is 0 Å². The molecule has 0 aliphatic heterocycles. The second kappa shape index (κ2) is 5.33. The van der Waals surface area contributed by atoms with Gasteiger partial charge < -0.3 is 0 Å². The molecule has 0 aromatic heterocycles. The lowest BCUT2D eigenvalue weighted by atomic mass is 9.57. The van der Waals surface area contributed by atoms with Crippen molar-refractivity contribution in [2.75, 3.05) is 0 Å². The third kappa shape index (κ3) is 2.29. The third-order valence-electron chi connectivity index (χ3n) is 6.25. The summed E-state index contributed by atoms with van der Waals surface area (Å²) in [6, 6.07) is 0. The Bertz CT molecular complexity index is 244. The summed E-state index contributed by atoms with van der Waals surface area (Å²) < 4.78 is 0. The minimum atomic E-state index is 0.711. The first-order valence-electron chi connectivity index (χ1n) is 8.13. The van der Waals surface area contributed by atoms with Gasteiger partial charge in [0, 0.05) is 0 Å². The molecular formula is C17H32. The molecule has 0 amide bonds. The average molecular weight is 236 g/mol. The Balaban J connectivity index is 2.13. The van der Waals surface area contributed by atoms with Crippen molar-refractivity contribution >= 4 is 0 Å². The summed E-state index contributed by atoms with van der Waals surface area (Å²) in [5.41, 5.74) is 0.711. The van der Waals surface area contributed by atoms with E-state index >= 15 is 0 Å². The SMILES string of the molecule is CCCC1C(C)CCC2(C)C(CCC)CCC12. The second-order valence-electron chi connectivity index (χ2n) is 7.14. The molecule has 17 heavy (non-hydrogen) atoms. The van der Waals surface area contributed by atoms with Crippen LogP contribution in [0.3, 0.4) is 0 Å². The Morgan fingerprint density at radius 1 is 1.00 bits per heavy atom. The van der Waals surface area contributed by atoms with Gasteiger partial charge in [-0.15, -0.1) is 0 Å². The van der Waals surface area contributed by atoms with Crippen molar-refractivity contribution in [2.24, 2.45) is 29.1 Å². The Kier molecular flexibility index (Phi) is 4.21. The van der Waals surface area contributed by atoms with Crippen LogP contribution in [0, 0.1) is 29.1 Å². The predicted molar refractivity (Wildman–Crippen MR) is 76.0 cm³/mol. The van der Waals surface area contributed by atoms with Crippen LogP contribution in [0.4, 0.5) is 0 Å². The number of hydrogen-bond acceptors (Lipinski definition) is 0. The van der Waals surface area contributed by atoms with Gasteiger partial charge in [0.15, 0.2) is 0 Å². The molecule has 5 atom stereocenters. The molecule has 0 nitrogen and oxygen atoms in total. The van der Waals surface area contributed by atoms with Gasteiger partial charge in [-0.25, -0.2) is 0 Å². The van der Waals surface area contributed by atoms with E-state index in [1.54, 1.807) is 0 Å². The summed E-state index contributed by atoms with van der Waals surface area (Å²) in [5, 5.41) is 0. The van der Waals surface area contributed by atoms with Crippen molar-refractivity contribution in [3.63, 3.8) is 0 Å². The molecule has 5 unspecified atom stereocenters. The smallest absolute Gasteiger partial charge is 0.0266 e. The van der Waals surface area contributed by atoms with E-state index in [1.807, 2.05) is 0 Å². The number of hydrogen-bond donors (Lipinski definition) is 0. The van der Waals surface area contributed by atoms with Gasteiger partial charge >= 0.3 is 0 Å². The van der Waals surface area contributed by atoms with E-state index in [2.05, 4.69) is 27.7 Å². The third-order valence-corrected chi connectivity index (χ3v) is 6.25. The van der Waals surface area contributed by atoms with Crippen LogP contribution in [0.1, 0.15) is 79.1 Å². The van der Waals surface area contributed by atoms with Crippen molar-refractivity contribution in [3.8, 4) is 0 Å². The fourth-order valence-electron chi connectivity index (χ4n) is 5.23. The lowest BCUT2D eigenvalue weighted by molar-refractivity contribution is 0.0114. The Labute approximate surface area is 109 Å². The maximum atomic E-state index is 2.64. The van der Waals surface area contributed by atoms with Gasteiger partial charge in [-0.3, -0.25) is 0 Å². The molecule has 2 aliphatic rings. The highest BCUT2D eigenvalue weighted by Gasteiger charge is 2.51. The maximum absolute atomic E-state index is 2.64. The highest BCUT2D eigenvalue weighted by Crippen LogP contribution is 2.60. The van der Waals surface area contributed by atoms with E-state index < -0.39 is 0 Å². The minimum absolute atomic E-state index is 0.711. The summed E-state index contributed by atoms with van der Waals surface area (Å²) in [6.45, 7) is 9.90. The maximum Gasteiger partial charge on any atom is -0.0266 e. The number of rotatable bonds is 4. The average Bonchev–Trinajstić information content (AvgIpc) is 2.63. The summed E-state index contributed by atoms with van der Waals surface area (Å²) in [4.78, 5) is 0. The lowest BCUT2D eigenvalue weighted by Crippen LogP contribution is -2.40. The predicted octanol–water partition coefficient (Wildman–Crippen LogP) is 5.67. The molecule has 0 bridgehead atoms. The van der Waals surface area contributed by atoms with Gasteiger partial charge in [0.1, 0.15) is 0 Å². The van der Waals surface area contributed by atoms with Crippen LogP contribution >= 0.6 is 0 Å². The van der Waals surface area contributed by atoms with Gasteiger partial charge in [0.25, 0.3) is 0 Å². The summed E-state index contributed by atoms with van der Waals surface area (Å²) in [5.74, 6) is 4.14. The lowest BCUT2D eigenvalue weighted by Gasteiger charge is -2.48. The van der Waals surface area contributed by atoms with Crippen LogP contribution in [0.2, 0.25) is 0 Å². The topological polar surface area (TPSA) is 0 Å². The Hall–Kier alpha value is 0. The molecule has 0 saturated heterocycles. The minimum Gasteiger partial charge on any atom is -0.0654 e. The quantitative estimate of drug-likeness (QED) is 0.590. The van der Waals surface area contributed by atoms with Crippen molar-refractivity contribution in [3.05, 3.63) is 0 Å². The molecule has 0 heterocycles. The Morgan fingerprint density at radius 2 is 1.71 bits per heavy atom. The van der Waals surface area contributed by atoms with Crippen LogP contribution in [-0.4, -0.2) is 0 Å². The molecule has 2 rings (SSSR count). The molecular weight excluding hydrogens is 204 g/mol. The van der Waals surface area contributed by atoms with Crippen LogP contribution < -0.4 is 0 Å². The highest BCUT2D eigenvalue weighted by molar-refractivity contribution is 5.01. The number of fused-ring (bicyclic) bond motifs is 1. The normalized spacial score (nSPS) is 45.9. The summed E-state index contributed by atoms with van der Waals surface area (Å²) in [7, 11) is 0. The van der Waals surface area contributed by atoms with Gasteiger partial charge in [-0.05, 0) is 54.8 Å². The van der Waals surface area contributed by atoms with Gasteiger partial charge in [-0.1, -0.05) is 53.4 Å². The summed E-state index contributed by atoms with van der Waals surface area (Å²) in [6.07, 6.45) is 11.8.